The summed E-state index contributed by atoms with van der Waals surface area (Å²) in [5.41, 5.74) is 6.09. The molecule has 0 aliphatic rings. The molecule has 3 N–H and O–H groups in total. The van der Waals surface area contributed by atoms with E-state index < -0.39 is 11.9 Å². The Morgan fingerprint density at radius 3 is 2.22 bits per heavy atom. The fraction of sp³-hybridized carbons (Fsp3) is 0.103. The second-order valence-electron chi connectivity index (χ2n) is 8.22. The van der Waals surface area contributed by atoms with Crippen LogP contribution in [-0.2, 0) is 11.3 Å². The molecule has 0 aliphatic carbocycles. The first kappa shape index (κ1) is 25.4. The summed E-state index contributed by atoms with van der Waals surface area (Å²) in [6.45, 7) is 0.494. The number of anilines is 1. The van der Waals surface area contributed by atoms with E-state index in [9.17, 15) is 14.9 Å². The van der Waals surface area contributed by atoms with Crippen LogP contribution in [0, 0.1) is 11.3 Å². The molecule has 0 saturated heterocycles. The molecule has 3 aromatic carbocycles. The molecule has 0 spiro atoms. The van der Waals surface area contributed by atoms with Crippen molar-refractivity contribution in [3.8, 4) is 28.3 Å². The molecule has 4 aromatic rings. The Morgan fingerprint density at radius 2 is 1.59 bits per heavy atom. The molecule has 37 heavy (non-hydrogen) atoms. The third-order valence-corrected chi connectivity index (χ3v) is 5.98. The van der Waals surface area contributed by atoms with Gasteiger partial charge in [0, 0.05) is 41.1 Å². The van der Waals surface area contributed by atoms with Crippen LogP contribution < -0.4 is 10.6 Å². The summed E-state index contributed by atoms with van der Waals surface area (Å²) in [6.07, 6.45) is 1.38. The predicted molar refractivity (Wildman–Crippen MR) is 143 cm³/mol. The molecule has 184 valence electrons. The normalized spacial score (nSPS) is 10.4. The van der Waals surface area contributed by atoms with E-state index in [1.54, 1.807) is 24.4 Å². The fourth-order valence-corrected chi connectivity index (χ4v) is 3.98. The number of carbonyl (C=O) groups is 2. The van der Waals surface area contributed by atoms with E-state index in [2.05, 4.69) is 21.7 Å². The Balaban J connectivity index is 1.49. The first-order valence-corrected chi connectivity index (χ1v) is 11.9. The Bertz CT molecular complexity index is 1440. The number of nitrogens with one attached hydrogen (secondary N) is 2. The largest absolute Gasteiger partial charge is 0.481 e. The number of hydrogen-bond acceptors (Lipinski definition) is 5. The number of amides is 1. The summed E-state index contributed by atoms with van der Waals surface area (Å²) in [5.74, 6) is -1.44. The molecule has 4 rings (SSSR count). The van der Waals surface area contributed by atoms with Crippen LogP contribution in [0.5, 0.6) is 0 Å². The van der Waals surface area contributed by atoms with Gasteiger partial charge in [0.05, 0.1) is 18.1 Å². The monoisotopic (exact) mass is 510 g/mol. The van der Waals surface area contributed by atoms with Gasteiger partial charge < -0.3 is 15.7 Å². The number of aliphatic carboxylic acids is 1. The molecule has 1 amide bonds. The maximum atomic E-state index is 12.2. The van der Waals surface area contributed by atoms with Gasteiger partial charge in [-0.25, -0.2) is 0 Å². The average molecular weight is 511 g/mol. The van der Waals surface area contributed by atoms with Gasteiger partial charge in [-0.15, -0.1) is 0 Å². The van der Waals surface area contributed by atoms with Crippen molar-refractivity contribution in [3.05, 3.63) is 107 Å². The fourth-order valence-electron chi connectivity index (χ4n) is 3.85. The zero-order valence-electron chi connectivity index (χ0n) is 19.7. The molecule has 0 bridgehead atoms. The highest BCUT2D eigenvalue weighted by molar-refractivity contribution is 6.30. The minimum Gasteiger partial charge on any atom is -0.481 e. The summed E-state index contributed by atoms with van der Waals surface area (Å²) in [7, 11) is 0. The number of hydrogen-bond donors (Lipinski definition) is 3. The summed E-state index contributed by atoms with van der Waals surface area (Å²) < 4.78 is 0. The molecule has 0 unspecified atom stereocenters. The van der Waals surface area contributed by atoms with Crippen LogP contribution in [0.15, 0.2) is 85.1 Å². The molecule has 8 heteroatoms. The van der Waals surface area contributed by atoms with Gasteiger partial charge in [-0.3, -0.25) is 14.6 Å². The molecule has 0 atom stereocenters. The van der Waals surface area contributed by atoms with E-state index in [0.717, 1.165) is 27.9 Å². The van der Waals surface area contributed by atoms with Crippen molar-refractivity contribution in [2.75, 3.05) is 11.9 Å². The van der Waals surface area contributed by atoms with Crippen LogP contribution in [0.2, 0.25) is 5.02 Å². The van der Waals surface area contributed by atoms with Gasteiger partial charge in [-0.05, 0) is 53.1 Å². The summed E-state index contributed by atoms with van der Waals surface area (Å²) in [4.78, 5) is 27.1. The number of nitrogens with zero attached hydrogens (tertiary/aromatic N) is 2. The topological polar surface area (TPSA) is 115 Å². The SMILES string of the molecule is N#Cc1cccc(CNc2ccc(-c3ccc(Cl)cc3)cc2)c1-c1ccc(C(=O)NCCC(=O)O)nc1. The van der Waals surface area contributed by atoms with Crippen LogP contribution >= 0.6 is 11.6 Å². The van der Waals surface area contributed by atoms with Crippen molar-refractivity contribution in [2.45, 2.75) is 13.0 Å². The van der Waals surface area contributed by atoms with Gasteiger partial charge in [0.2, 0.25) is 0 Å². The van der Waals surface area contributed by atoms with Crippen molar-refractivity contribution >= 4 is 29.2 Å². The van der Waals surface area contributed by atoms with Crippen LogP contribution in [0.3, 0.4) is 0 Å². The number of carbonyl (C=O) groups excluding carboxylic acids is 1. The summed E-state index contributed by atoms with van der Waals surface area (Å²) in [6, 6.07) is 26.8. The molecular formula is C29H23ClN4O3. The van der Waals surface area contributed by atoms with Crippen molar-refractivity contribution in [2.24, 2.45) is 0 Å². The molecule has 0 radical (unpaired) electrons. The zero-order chi connectivity index (χ0) is 26.2. The Kier molecular flexibility index (Phi) is 8.14. The van der Waals surface area contributed by atoms with Crippen molar-refractivity contribution < 1.29 is 14.7 Å². The predicted octanol–water partition coefficient (Wildman–Crippen LogP) is 5.76. The second-order valence-corrected chi connectivity index (χ2v) is 8.66. The highest BCUT2D eigenvalue weighted by Crippen LogP contribution is 2.29. The maximum absolute atomic E-state index is 12.2. The number of pyridine rings is 1. The van der Waals surface area contributed by atoms with E-state index in [0.29, 0.717) is 22.7 Å². The van der Waals surface area contributed by atoms with Crippen molar-refractivity contribution in [3.63, 3.8) is 0 Å². The first-order valence-electron chi connectivity index (χ1n) is 11.5. The quantitative estimate of drug-likeness (QED) is 0.264. The van der Waals surface area contributed by atoms with E-state index in [-0.39, 0.29) is 18.7 Å². The number of carboxylic acids is 1. The molecule has 0 saturated carbocycles. The van der Waals surface area contributed by atoms with Gasteiger partial charge in [-0.2, -0.15) is 5.26 Å². The van der Waals surface area contributed by atoms with Gasteiger partial charge in [-0.1, -0.05) is 54.1 Å². The molecule has 1 aromatic heterocycles. The smallest absolute Gasteiger partial charge is 0.305 e. The minimum atomic E-state index is -0.990. The lowest BCUT2D eigenvalue weighted by Gasteiger charge is -2.14. The lowest BCUT2D eigenvalue weighted by Crippen LogP contribution is -2.26. The van der Waals surface area contributed by atoms with Crippen LogP contribution in [-0.4, -0.2) is 28.5 Å². The Hall–Kier alpha value is -4.67. The molecule has 1 heterocycles. The summed E-state index contributed by atoms with van der Waals surface area (Å²) >= 11 is 5.98. The zero-order valence-corrected chi connectivity index (χ0v) is 20.5. The lowest BCUT2D eigenvalue weighted by molar-refractivity contribution is -0.136. The number of rotatable bonds is 9. The minimum absolute atomic E-state index is 0.0192. The molecule has 0 fully saturated rings. The van der Waals surface area contributed by atoms with Crippen molar-refractivity contribution in [1.82, 2.24) is 10.3 Å². The lowest BCUT2D eigenvalue weighted by atomic mass is 9.95. The standard InChI is InChI=1S/C29H23ClN4O3/c30-24-9-4-19(5-10-24)20-6-11-25(12-7-20)33-17-22-3-1-2-21(16-31)28(22)23-8-13-26(34-18-23)29(37)32-15-14-27(35)36/h1-13,18,33H,14-15,17H2,(H,32,37)(H,35,36). The number of aromatic nitrogens is 1. The number of halogens is 1. The van der Waals surface area contributed by atoms with Gasteiger partial charge in [0.25, 0.3) is 5.91 Å². The third kappa shape index (κ3) is 6.51. The Labute approximate surface area is 219 Å². The van der Waals surface area contributed by atoms with Crippen LogP contribution in [0.1, 0.15) is 28.0 Å². The average Bonchev–Trinajstić information content (AvgIpc) is 2.92. The Morgan fingerprint density at radius 1 is 0.919 bits per heavy atom. The number of benzene rings is 3. The van der Waals surface area contributed by atoms with Gasteiger partial charge >= 0.3 is 5.97 Å². The number of nitriles is 1. The molecular weight excluding hydrogens is 488 g/mol. The van der Waals surface area contributed by atoms with Crippen LogP contribution in [0.4, 0.5) is 5.69 Å². The van der Waals surface area contributed by atoms with Crippen molar-refractivity contribution in [1.29, 1.82) is 5.26 Å². The maximum Gasteiger partial charge on any atom is 0.305 e. The van der Waals surface area contributed by atoms with Gasteiger partial charge in [0.15, 0.2) is 0 Å². The van der Waals surface area contributed by atoms with E-state index in [1.807, 2.05) is 60.7 Å². The van der Waals surface area contributed by atoms with Gasteiger partial charge in [0.1, 0.15) is 5.69 Å². The highest BCUT2D eigenvalue weighted by Gasteiger charge is 2.13. The van der Waals surface area contributed by atoms with E-state index >= 15 is 0 Å². The number of carboxylic acid groups (broad SMARTS) is 1. The molecule has 7 nitrogen and oxygen atoms in total. The highest BCUT2D eigenvalue weighted by atomic mass is 35.5. The van der Waals surface area contributed by atoms with E-state index in [1.165, 1.54) is 0 Å². The first-order chi connectivity index (χ1) is 17.9. The second kappa shape index (κ2) is 11.8. The summed E-state index contributed by atoms with van der Waals surface area (Å²) in [5, 5.41) is 25.1. The molecule has 0 aliphatic heterocycles. The van der Waals surface area contributed by atoms with Crippen LogP contribution in [0.25, 0.3) is 22.3 Å². The van der Waals surface area contributed by atoms with E-state index in [4.69, 9.17) is 16.7 Å². The third-order valence-electron chi connectivity index (χ3n) is 5.73.